The third-order valence-corrected chi connectivity index (χ3v) is 6.76. The minimum absolute atomic E-state index is 0.147. The van der Waals surface area contributed by atoms with Crippen LogP contribution < -0.4 is 4.90 Å². The van der Waals surface area contributed by atoms with E-state index in [2.05, 4.69) is 29.9 Å². The molecule has 0 unspecified atom stereocenters. The van der Waals surface area contributed by atoms with E-state index >= 15 is 0 Å². The number of carbonyl (C=O) groups is 1. The maximum atomic E-state index is 12.8. The number of para-hydroxylation sites is 1. The van der Waals surface area contributed by atoms with Gasteiger partial charge in [-0.05, 0) is 43.9 Å². The number of aryl methyl sites for hydroxylation is 3. The number of benzene rings is 1. The monoisotopic (exact) mass is 369 g/mol. The largest absolute Gasteiger partial charge is 0.311 e. The van der Waals surface area contributed by atoms with E-state index in [4.69, 9.17) is 0 Å². The second-order valence-corrected chi connectivity index (χ2v) is 8.38. The Kier molecular flexibility index (Phi) is 4.48. The van der Waals surface area contributed by atoms with Gasteiger partial charge in [0.1, 0.15) is 16.2 Å². The summed E-state index contributed by atoms with van der Waals surface area (Å²) in [5.41, 5.74) is 3.55. The van der Waals surface area contributed by atoms with Crippen molar-refractivity contribution in [3.05, 3.63) is 46.6 Å². The normalized spacial score (nSPS) is 13.9. The van der Waals surface area contributed by atoms with Gasteiger partial charge in [0.2, 0.25) is 5.91 Å². The van der Waals surface area contributed by atoms with Crippen molar-refractivity contribution in [2.45, 2.75) is 31.7 Å². The number of rotatable bonds is 3. The Morgan fingerprint density at radius 2 is 2.12 bits per heavy atom. The number of hydrogen-bond acceptors (Lipinski definition) is 5. The maximum Gasteiger partial charge on any atom is 0.237 e. The molecule has 128 valence electrons. The number of hydrogen-bond donors (Lipinski definition) is 0. The van der Waals surface area contributed by atoms with E-state index in [1.54, 1.807) is 17.7 Å². The van der Waals surface area contributed by atoms with Crippen LogP contribution in [-0.4, -0.2) is 28.2 Å². The molecule has 0 aliphatic carbocycles. The van der Waals surface area contributed by atoms with Crippen LogP contribution in [0.4, 0.5) is 5.69 Å². The van der Waals surface area contributed by atoms with E-state index in [-0.39, 0.29) is 5.91 Å². The van der Waals surface area contributed by atoms with Gasteiger partial charge in [-0.15, -0.1) is 11.3 Å². The Morgan fingerprint density at radius 1 is 1.28 bits per heavy atom. The lowest BCUT2D eigenvalue weighted by molar-refractivity contribution is -0.116. The van der Waals surface area contributed by atoms with Crippen molar-refractivity contribution in [2.75, 3.05) is 17.2 Å². The minimum Gasteiger partial charge on any atom is -0.311 e. The summed E-state index contributed by atoms with van der Waals surface area (Å²) >= 11 is 3.20. The minimum atomic E-state index is 0.147. The Hall–Kier alpha value is -1.92. The number of carbonyl (C=O) groups excluding carboxylic acids is 1. The van der Waals surface area contributed by atoms with Gasteiger partial charge in [0.15, 0.2) is 0 Å². The molecular weight excluding hydrogens is 350 g/mol. The van der Waals surface area contributed by atoms with Gasteiger partial charge in [-0.25, -0.2) is 9.97 Å². The summed E-state index contributed by atoms with van der Waals surface area (Å²) in [6.07, 6.45) is 3.67. The van der Waals surface area contributed by atoms with Gasteiger partial charge < -0.3 is 4.90 Å². The molecule has 0 atom stereocenters. The number of amides is 1. The van der Waals surface area contributed by atoms with Crippen LogP contribution in [0, 0.1) is 13.8 Å². The van der Waals surface area contributed by atoms with Crippen LogP contribution >= 0.6 is 23.1 Å². The van der Waals surface area contributed by atoms with Crippen molar-refractivity contribution in [1.29, 1.82) is 0 Å². The highest BCUT2D eigenvalue weighted by Gasteiger charge is 2.22. The molecule has 1 aromatic carbocycles. The number of anilines is 1. The van der Waals surface area contributed by atoms with Crippen molar-refractivity contribution in [1.82, 2.24) is 9.97 Å². The first-order valence-corrected chi connectivity index (χ1v) is 10.2. The standard InChI is InChI=1S/C19H19N3OS2/c1-12-13(2)25-19-17(12)18(20-11-21-19)24-10-16(23)22-9-5-7-14-6-3-4-8-15(14)22/h3-4,6,8,11H,5,7,9-10H2,1-2H3. The fourth-order valence-corrected chi connectivity index (χ4v) is 5.25. The highest BCUT2D eigenvalue weighted by molar-refractivity contribution is 8.00. The Bertz CT molecular complexity index is 951. The summed E-state index contributed by atoms with van der Waals surface area (Å²) < 4.78 is 0. The zero-order chi connectivity index (χ0) is 17.4. The molecule has 1 aliphatic heterocycles. The van der Waals surface area contributed by atoms with Crippen molar-refractivity contribution in [2.24, 2.45) is 0 Å². The Balaban J connectivity index is 1.56. The average Bonchev–Trinajstić information content (AvgIpc) is 2.94. The average molecular weight is 370 g/mol. The first-order chi connectivity index (χ1) is 12.1. The van der Waals surface area contributed by atoms with E-state index in [9.17, 15) is 4.79 Å². The molecule has 6 heteroatoms. The van der Waals surface area contributed by atoms with E-state index in [1.807, 2.05) is 23.1 Å². The summed E-state index contributed by atoms with van der Waals surface area (Å²) in [5, 5.41) is 2.01. The Morgan fingerprint density at radius 3 is 3.00 bits per heavy atom. The van der Waals surface area contributed by atoms with Gasteiger partial charge >= 0.3 is 0 Å². The number of thiophene rings is 1. The predicted molar refractivity (Wildman–Crippen MR) is 105 cm³/mol. The molecule has 3 aromatic rings. The second kappa shape index (κ2) is 6.77. The first kappa shape index (κ1) is 16.5. The number of thioether (sulfide) groups is 1. The molecule has 1 amide bonds. The highest BCUT2D eigenvalue weighted by Crippen LogP contribution is 2.35. The fraction of sp³-hybridized carbons (Fsp3) is 0.316. The SMILES string of the molecule is Cc1sc2ncnc(SCC(=O)N3CCCc4ccccc43)c2c1C. The van der Waals surface area contributed by atoms with Crippen LogP contribution in [0.5, 0.6) is 0 Å². The maximum absolute atomic E-state index is 12.8. The molecule has 4 nitrogen and oxygen atoms in total. The third-order valence-electron chi connectivity index (χ3n) is 4.67. The van der Waals surface area contributed by atoms with Crippen LogP contribution in [0.2, 0.25) is 0 Å². The van der Waals surface area contributed by atoms with Gasteiger partial charge in [0, 0.05) is 22.5 Å². The lowest BCUT2D eigenvalue weighted by Crippen LogP contribution is -2.36. The van der Waals surface area contributed by atoms with Crippen LogP contribution in [-0.2, 0) is 11.2 Å². The Labute approximate surface area is 155 Å². The first-order valence-electron chi connectivity index (χ1n) is 8.37. The fourth-order valence-electron chi connectivity index (χ4n) is 3.26. The van der Waals surface area contributed by atoms with Gasteiger partial charge in [0.05, 0.1) is 5.75 Å². The van der Waals surface area contributed by atoms with Crippen molar-refractivity contribution >= 4 is 44.9 Å². The van der Waals surface area contributed by atoms with Crippen molar-refractivity contribution < 1.29 is 4.79 Å². The molecule has 4 rings (SSSR count). The zero-order valence-electron chi connectivity index (χ0n) is 14.3. The molecule has 0 N–H and O–H groups in total. The van der Waals surface area contributed by atoms with E-state index in [1.165, 1.54) is 27.8 Å². The molecule has 0 radical (unpaired) electrons. The summed E-state index contributed by atoms with van der Waals surface area (Å²) in [5.74, 6) is 0.544. The van der Waals surface area contributed by atoms with E-state index in [0.717, 1.165) is 40.3 Å². The third kappa shape index (κ3) is 3.04. The molecule has 2 aromatic heterocycles. The second-order valence-electron chi connectivity index (χ2n) is 6.21. The number of nitrogens with zero attached hydrogens (tertiary/aromatic N) is 3. The van der Waals surface area contributed by atoms with Gasteiger partial charge in [-0.1, -0.05) is 30.0 Å². The topological polar surface area (TPSA) is 46.1 Å². The summed E-state index contributed by atoms with van der Waals surface area (Å²) in [6, 6.07) is 8.21. The zero-order valence-corrected chi connectivity index (χ0v) is 15.9. The van der Waals surface area contributed by atoms with Crippen LogP contribution in [0.15, 0.2) is 35.6 Å². The highest BCUT2D eigenvalue weighted by atomic mass is 32.2. The summed E-state index contributed by atoms with van der Waals surface area (Å²) in [7, 11) is 0. The quantitative estimate of drug-likeness (QED) is 0.508. The molecule has 0 saturated heterocycles. The van der Waals surface area contributed by atoms with E-state index in [0.29, 0.717) is 5.75 Å². The van der Waals surface area contributed by atoms with Gasteiger partial charge in [-0.2, -0.15) is 0 Å². The van der Waals surface area contributed by atoms with Crippen LogP contribution in [0.3, 0.4) is 0 Å². The van der Waals surface area contributed by atoms with Crippen molar-refractivity contribution in [3.8, 4) is 0 Å². The van der Waals surface area contributed by atoms with Gasteiger partial charge in [0.25, 0.3) is 0 Å². The smallest absolute Gasteiger partial charge is 0.237 e. The molecule has 0 saturated carbocycles. The van der Waals surface area contributed by atoms with Crippen LogP contribution in [0.25, 0.3) is 10.2 Å². The number of fused-ring (bicyclic) bond motifs is 2. The summed E-state index contributed by atoms with van der Waals surface area (Å²) in [4.78, 5) is 25.8. The predicted octanol–water partition coefficient (Wildman–Crippen LogP) is 4.38. The molecule has 3 heterocycles. The van der Waals surface area contributed by atoms with Crippen LogP contribution in [0.1, 0.15) is 22.4 Å². The summed E-state index contributed by atoms with van der Waals surface area (Å²) in [6.45, 7) is 5.00. The lowest BCUT2D eigenvalue weighted by atomic mass is 10.0. The lowest BCUT2D eigenvalue weighted by Gasteiger charge is -2.29. The molecule has 1 aliphatic rings. The molecule has 25 heavy (non-hydrogen) atoms. The van der Waals surface area contributed by atoms with Crippen molar-refractivity contribution in [3.63, 3.8) is 0 Å². The molecule has 0 spiro atoms. The molecule has 0 bridgehead atoms. The van der Waals surface area contributed by atoms with Gasteiger partial charge in [-0.3, -0.25) is 4.79 Å². The number of aromatic nitrogens is 2. The molecule has 0 fully saturated rings. The molecular formula is C19H19N3OS2. The van der Waals surface area contributed by atoms with E-state index < -0.39 is 0 Å².